The van der Waals surface area contributed by atoms with Crippen molar-refractivity contribution in [2.45, 2.75) is 9.79 Å². The van der Waals surface area contributed by atoms with Gasteiger partial charge in [0.1, 0.15) is 0 Å². The first-order valence-electron chi connectivity index (χ1n) is 13.5. The molecule has 0 saturated carbocycles. The highest BCUT2D eigenvalue weighted by Crippen LogP contribution is 2.44. The lowest BCUT2D eigenvalue weighted by Gasteiger charge is -2.11. The maximum Gasteiger partial charge on any atom is 0.0862 e. The number of nitrogens with zero attached hydrogens (tertiary/aromatic N) is 2. The zero-order chi connectivity index (χ0) is 26.4. The average Bonchev–Trinajstić information content (AvgIpc) is 3.63. The molecular weight excluding hydrogens is 508 g/mol. The maximum atomic E-state index is 13.6. The summed E-state index contributed by atoms with van der Waals surface area (Å²) in [5.74, 6) is 0. The van der Waals surface area contributed by atoms with Crippen molar-refractivity contribution in [2.24, 2.45) is 0 Å². The van der Waals surface area contributed by atoms with Crippen LogP contribution in [-0.2, 0) is 10.8 Å². The molecule has 3 nitrogen and oxygen atoms in total. The number of fused-ring (bicyclic) bond motifs is 9. The van der Waals surface area contributed by atoms with E-state index in [4.69, 9.17) is 0 Å². The van der Waals surface area contributed by atoms with Crippen LogP contribution < -0.4 is 0 Å². The Morgan fingerprint density at radius 1 is 0.400 bits per heavy atom. The SMILES string of the molecule is O=S1c2ccc(-n3c4ccccc4c4ccccc43)cc2-c2cc(-n3c4ccccc4c4ccccc43)ccc21. The molecule has 188 valence electrons. The molecule has 40 heavy (non-hydrogen) atoms. The fourth-order valence-electron chi connectivity index (χ4n) is 6.58. The van der Waals surface area contributed by atoms with E-state index in [2.05, 4.69) is 130 Å². The summed E-state index contributed by atoms with van der Waals surface area (Å²) in [6, 6.07) is 46.9. The van der Waals surface area contributed by atoms with Crippen LogP contribution in [-0.4, -0.2) is 13.3 Å². The number of aromatic nitrogens is 2. The standard InChI is InChI=1S/C36H22N2OS/c39-40-35-19-17-23(37-31-13-5-1-9-25(31)26-10-2-6-14-32(26)37)21-29(35)30-22-24(18-20-36(30)40)38-33-15-7-3-11-27(33)28-12-4-8-16-34(28)38/h1-22H. The first kappa shape index (κ1) is 21.9. The van der Waals surface area contributed by atoms with Crippen LogP contribution in [0.1, 0.15) is 0 Å². The summed E-state index contributed by atoms with van der Waals surface area (Å²) < 4.78 is 18.3. The summed E-state index contributed by atoms with van der Waals surface area (Å²) in [6.45, 7) is 0. The molecule has 0 saturated heterocycles. The first-order valence-corrected chi connectivity index (χ1v) is 14.6. The van der Waals surface area contributed by atoms with Crippen molar-refractivity contribution in [2.75, 3.05) is 0 Å². The molecule has 0 radical (unpaired) electrons. The van der Waals surface area contributed by atoms with E-state index in [1.54, 1.807) is 0 Å². The van der Waals surface area contributed by atoms with Gasteiger partial charge in [0.2, 0.25) is 0 Å². The number of para-hydroxylation sites is 4. The number of hydrogen-bond donors (Lipinski definition) is 0. The Morgan fingerprint density at radius 2 is 0.725 bits per heavy atom. The topological polar surface area (TPSA) is 26.9 Å². The molecule has 0 N–H and O–H groups in total. The van der Waals surface area contributed by atoms with Crippen molar-refractivity contribution < 1.29 is 4.21 Å². The van der Waals surface area contributed by atoms with Crippen molar-refractivity contribution in [3.63, 3.8) is 0 Å². The van der Waals surface area contributed by atoms with Gasteiger partial charge in [-0.1, -0.05) is 72.8 Å². The minimum atomic E-state index is -1.21. The van der Waals surface area contributed by atoms with E-state index in [9.17, 15) is 4.21 Å². The third-order valence-corrected chi connectivity index (χ3v) is 9.80. The molecule has 2 aromatic heterocycles. The van der Waals surface area contributed by atoms with Gasteiger partial charge in [0.05, 0.1) is 42.7 Å². The van der Waals surface area contributed by atoms with Gasteiger partial charge in [-0.3, -0.25) is 0 Å². The molecule has 3 heterocycles. The zero-order valence-electron chi connectivity index (χ0n) is 21.4. The summed E-state index contributed by atoms with van der Waals surface area (Å²) in [5.41, 5.74) is 8.89. The van der Waals surface area contributed by atoms with E-state index in [1.807, 2.05) is 12.1 Å². The van der Waals surface area contributed by atoms with Gasteiger partial charge in [0.15, 0.2) is 0 Å². The summed E-state index contributed by atoms with van der Waals surface area (Å²) >= 11 is 0. The van der Waals surface area contributed by atoms with Crippen LogP contribution in [0, 0.1) is 0 Å². The second-order valence-corrected chi connectivity index (χ2v) is 11.8. The van der Waals surface area contributed by atoms with Crippen LogP contribution in [0.3, 0.4) is 0 Å². The fourth-order valence-corrected chi connectivity index (χ4v) is 7.94. The van der Waals surface area contributed by atoms with Gasteiger partial charge in [-0.25, -0.2) is 4.21 Å². The largest absolute Gasteiger partial charge is 0.309 e. The fraction of sp³-hybridized carbons (Fsp3) is 0. The monoisotopic (exact) mass is 530 g/mol. The molecule has 9 rings (SSSR count). The first-order chi connectivity index (χ1) is 19.8. The van der Waals surface area contributed by atoms with E-state index in [1.165, 1.54) is 43.6 Å². The summed E-state index contributed by atoms with van der Waals surface area (Å²) in [7, 11) is -1.21. The molecule has 0 spiro atoms. The molecule has 0 bridgehead atoms. The van der Waals surface area contributed by atoms with Crippen molar-refractivity contribution in [1.82, 2.24) is 9.13 Å². The summed E-state index contributed by atoms with van der Waals surface area (Å²) in [4.78, 5) is 1.75. The van der Waals surface area contributed by atoms with Crippen molar-refractivity contribution >= 4 is 54.4 Å². The zero-order valence-corrected chi connectivity index (χ0v) is 22.2. The second kappa shape index (κ2) is 8.04. The van der Waals surface area contributed by atoms with E-state index < -0.39 is 10.8 Å². The van der Waals surface area contributed by atoms with E-state index in [-0.39, 0.29) is 0 Å². The van der Waals surface area contributed by atoms with Crippen LogP contribution in [0.25, 0.3) is 66.1 Å². The second-order valence-electron chi connectivity index (χ2n) is 10.4. The average molecular weight is 531 g/mol. The molecule has 1 aliphatic rings. The number of benzene rings is 6. The Labute approximate surface area is 233 Å². The smallest absolute Gasteiger partial charge is 0.0862 e. The molecule has 8 aromatic rings. The van der Waals surface area contributed by atoms with Gasteiger partial charge in [-0.2, -0.15) is 0 Å². The highest BCUT2D eigenvalue weighted by molar-refractivity contribution is 7.85. The van der Waals surface area contributed by atoms with Gasteiger partial charge in [0.25, 0.3) is 0 Å². The Hall–Kier alpha value is -4.93. The molecular formula is C36H22N2OS. The molecule has 0 aliphatic carbocycles. The maximum absolute atomic E-state index is 13.6. The van der Waals surface area contributed by atoms with Crippen molar-refractivity contribution in [3.8, 4) is 22.5 Å². The molecule has 0 amide bonds. The van der Waals surface area contributed by atoms with Crippen LogP contribution in [0.2, 0.25) is 0 Å². The van der Waals surface area contributed by atoms with Gasteiger partial charge in [-0.05, 0) is 60.7 Å². The molecule has 1 aliphatic heterocycles. The Balaban J connectivity index is 1.29. The lowest BCUT2D eigenvalue weighted by molar-refractivity contribution is 0.685. The van der Waals surface area contributed by atoms with Gasteiger partial charge >= 0.3 is 0 Å². The quantitative estimate of drug-likeness (QED) is 0.219. The molecule has 4 heteroatoms. The van der Waals surface area contributed by atoms with Crippen LogP contribution in [0.15, 0.2) is 143 Å². The Bertz CT molecular complexity index is 2090. The predicted octanol–water partition coefficient (Wildman–Crippen LogP) is 9.03. The van der Waals surface area contributed by atoms with E-state index in [0.717, 1.165) is 32.3 Å². The predicted molar refractivity (Wildman–Crippen MR) is 165 cm³/mol. The Kier molecular flexibility index (Phi) is 4.41. The van der Waals surface area contributed by atoms with E-state index in [0.29, 0.717) is 0 Å². The highest BCUT2D eigenvalue weighted by Gasteiger charge is 2.27. The minimum Gasteiger partial charge on any atom is -0.309 e. The van der Waals surface area contributed by atoms with Crippen LogP contribution in [0.5, 0.6) is 0 Å². The summed E-state index contributed by atoms with van der Waals surface area (Å²) in [6.07, 6.45) is 0. The number of hydrogen-bond acceptors (Lipinski definition) is 1. The minimum absolute atomic E-state index is 0.874. The van der Waals surface area contributed by atoms with Gasteiger partial charge < -0.3 is 9.13 Å². The molecule has 0 atom stereocenters. The van der Waals surface area contributed by atoms with Crippen LogP contribution >= 0.6 is 0 Å². The number of rotatable bonds is 2. The summed E-state index contributed by atoms with van der Waals surface area (Å²) in [5, 5.41) is 4.93. The van der Waals surface area contributed by atoms with Crippen LogP contribution in [0.4, 0.5) is 0 Å². The molecule has 0 fully saturated rings. The van der Waals surface area contributed by atoms with Crippen molar-refractivity contribution in [1.29, 1.82) is 0 Å². The highest BCUT2D eigenvalue weighted by atomic mass is 32.2. The van der Waals surface area contributed by atoms with Crippen molar-refractivity contribution in [3.05, 3.63) is 133 Å². The Morgan fingerprint density at radius 3 is 1.07 bits per heavy atom. The van der Waals surface area contributed by atoms with E-state index >= 15 is 0 Å². The third-order valence-electron chi connectivity index (χ3n) is 8.29. The van der Waals surface area contributed by atoms with Gasteiger partial charge in [-0.15, -0.1) is 0 Å². The normalized spacial score (nSPS) is 13.0. The molecule has 0 unspecified atom stereocenters. The molecule has 6 aromatic carbocycles. The third kappa shape index (κ3) is 2.86. The lowest BCUT2D eigenvalue weighted by atomic mass is 10.0. The lowest BCUT2D eigenvalue weighted by Crippen LogP contribution is -1.95. The van der Waals surface area contributed by atoms with Gasteiger partial charge in [0, 0.05) is 44.0 Å².